The number of carbonyl (C=O) groups excluding carboxylic acids is 2. The Morgan fingerprint density at radius 1 is 1.18 bits per heavy atom. The molecule has 178 valence electrons. The molecular weight excluding hydrogens is 436 g/mol. The van der Waals surface area contributed by atoms with Crippen molar-refractivity contribution in [2.45, 2.75) is 50.0 Å². The van der Waals surface area contributed by atoms with Gasteiger partial charge >= 0.3 is 11.7 Å². The van der Waals surface area contributed by atoms with Crippen molar-refractivity contribution in [2.75, 3.05) is 6.54 Å². The molecule has 1 saturated heterocycles. The average molecular weight is 462 g/mol. The summed E-state index contributed by atoms with van der Waals surface area (Å²) in [6, 6.07) is 9.21. The van der Waals surface area contributed by atoms with Crippen LogP contribution < -0.4 is 22.3 Å². The second-order valence-corrected chi connectivity index (χ2v) is 7.60. The maximum atomic E-state index is 12.2. The molecule has 0 bridgehead atoms. The lowest BCUT2D eigenvalue weighted by Gasteiger charge is -2.17. The number of benzene rings is 1. The molecule has 1 aliphatic rings. The van der Waals surface area contributed by atoms with Crippen molar-refractivity contribution in [2.24, 2.45) is 5.73 Å². The summed E-state index contributed by atoms with van der Waals surface area (Å²) in [4.78, 5) is 49.2. The predicted octanol–water partition coefficient (Wildman–Crippen LogP) is -1.88. The van der Waals surface area contributed by atoms with E-state index in [0.717, 1.165) is 22.4 Å². The molecule has 0 spiro atoms. The van der Waals surface area contributed by atoms with Gasteiger partial charge in [0.15, 0.2) is 6.23 Å². The van der Waals surface area contributed by atoms with Gasteiger partial charge in [0.05, 0.1) is 6.04 Å². The number of nitrogens with one attached hydrogen (secondary N) is 2. The van der Waals surface area contributed by atoms with Gasteiger partial charge in [0, 0.05) is 25.2 Å². The van der Waals surface area contributed by atoms with Crippen LogP contribution in [0.5, 0.6) is 0 Å². The summed E-state index contributed by atoms with van der Waals surface area (Å²) in [5.41, 5.74) is 5.23. The number of aromatic nitrogens is 2. The molecule has 0 radical (unpaired) electrons. The van der Waals surface area contributed by atoms with Crippen LogP contribution in [0.15, 0.2) is 52.2 Å². The second kappa shape index (κ2) is 11.0. The van der Waals surface area contributed by atoms with Crippen molar-refractivity contribution >= 4 is 11.9 Å². The van der Waals surface area contributed by atoms with E-state index in [1.54, 1.807) is 0 Å². The highest BCUT2D eigenvalue weighted by atomic mass is 16.6. The van der Waals surface area contributed by atoms with Crippen molar-refractivity contribution in [3.05, 3.63) is 69.0 Å². The molecule has 2 heterocycles. The minimum absolute atomic E-state index is 0.0472. The van der Waals surface area contributed by atoms with Gasteiger partial charge in [0.2, 0.25) is 5.91 Å². The van der Waals surface area contributed by atoms with Crippen LogP contribution in [0.4, 0.5) is 0 Å². The molecule has 1 amide bonds. The summed E-state index contributed by atoms with van der Waals surface area (Å²) in [5.74, 6) is -1.07. The van der Waals surface area contributed by atoms with E-state index >= 15 is 0 Å². The molecule has 2 aromatic rings. The standard InChI is InChI=1S/C21H26N4O8/c22-13(6-7-16(27)32-11-12-4-2-1-3-5-12)19(30)23-10-14-17(28)18(29)20(33-14)25-9-8-15(26)24-21(25)31/h1-5,8-9,13-14,17-18,20,28-29H,6-7,10-11,22H2,(H,23,30)(H,24,26,31)/t13?,14-,17+,18?,20-/m1/s1. The highest BCUT2D eigenvalue weighted by Gasteiger charge is 2.44. The lowest BCUT2D eigenvalue weighted by Crippen LogP contribution is -2.46. The molecule has 12 heteroatoms. The lowest BCUT2D eigenvalue weighted by atomic mass is 10.1. The second-order valence-electron chi connectivity index (χ2n) is 7.60. The minimum atomic E-state index is -1.47. The highest BCUT2D eigenvalue weighted by molar-refractivity contribution is 5.82. The zero-order valence-corrected chi connectivity index (χ0v) is 17.6. The molecule has 5 atom stereocenters. The number of nitrogens with zero attached hydrogens (tertiary/aromatic N) is 1. The number of aliphatic hydroxyl groups excluding tert-OH is 2. The molecular formula is C21H26N4O8. The summed E-state index contributed by atoms with van der Waals surface area (Å²) in [5, 5.41) is 22.9. The van der Waals surface area contributed by atoms with Crippen molar-refractivity contribution in [1.82, 2.24) is 14.9 Å². The third-order valence-corrected chi connectivity index (χ3v) is 5.18. The third kappa shape index (κ3) is 6.35. The first-order valence-electron chi connectivity index (χ1n) is 10.3. The molecule has 1 aromatic carbocycles. The predicted molar refractivity (Wildman–Crippen MR) is 114 cm³/mol. The molecule has 3 rings (SSSR count). The van der Waals surface area contributed by atoms with Gasteiger partial charge in [0.1, 0.15) is 24.9 Å². The minimum Gasteiger partial charge on any atom is -0.461 e. The van der Waals surface area contributed by atoms with Gasteiger partial charge < -0.3 is 30.7 Å². The zero-order valence-electron chi connectivity index (χ0n) is 17.6. The normalized spacial score (nSPS) is 23.1. The number of rotatable bonds is 9. The maximum Gasteiger partial charge on any atom is 0.330 e. The Morgan fingerprint density at radius 3 is 2.61 bits per heavy atom. The molecule has 12 nitrogen and oxygen atoms in total. The number of aromatic amines is 1. The molecule has 0 saturated carbocycles. The fourth-order valence-corrected chi connectivity index (χ4v) is 3.30. The monoisotopic (exact) mass is 462 g/mol. The molecule has 1 aromatic heterocycles. The van der Waals surface area contributed by atoms with Gasteiger partial charge in [0.25, 0.3) is 5.56 Å². The van der Waals surface area contributed by atoms with Gasteiger partial charge in [-0.2, -0.15) is 0 Å². The average Bonchev–Trinajstić information content (AvgIpc) is 3.08. The summed E-state index contributed by atoms with van der Waals surface area (Å²) in [6.45, 7) is -0.0717. The Bertz CT molecular complexity index is 1070. The molecule has 1 fully saturated rings. The quantitative estimate of drug-likeness (QED) is 0.266. The number of H-pyrrole nitrogens is 1. The Morgan fingerprint density at radius 2 is 1.91 bits per heavy atom. The summed E-state index contributed by atoms with van der Waals surface area (Å²) < 4.78 is 11.6. The van der Waals surface area contributed by atoms with E-state index in [1.807, 2.05) is 35.3 Å². The number of hydrogen-bond donors (Lipinski definition) is 5. The number of esters is 1. The topological polar surface area (TPSA) is 186 Å². The van der Waals surface area contributed by atoms with Gasteiger partial charge in [-0.15, -0.1) is 0 Å². The van der Waals surface area contributed by atoms with Crippen molar-refractivity contribution in [3.8, 4) is 0 Å². The highest BCUT2D eigenvalue weighted by Crippen LogP contribution is 2.27. The van der Waals surface area contributed by atoms with Crippen molar-refractivity contribution in [1.29, 1.82) is 0 Å². The maximum absolute atomic E-state index is 12.2. The van der Waals surface area contributed by atoms with E-state index in [4.69, 9.17) is 15.2 Å². The Labute approximate surface area is 187 Å². The van der Waals surface area contributed by atoms with Crippen LogP contribution >= 0.6 is 0 Å². The first-order chi connectivity index (χ1) is 15.8. The van der Waals surface area contributed by atoms with Crippen LogP contribution in [0.1, 0.15) is 24.6 Å². The van der Waals surface area contributed by atoms with Gasteiger partial charge in [-0.05, 0) is 12.0 Å². The number of nitrogens with two attached hydrogens (primary N) is 1. The van der Waals surface area contributed by atoms with Crippen LogP contribution in [0.3, 0.4) is 0 Å². The van der Waals surface area contributed by atoms with Gasteiger partial charge in [-0.3, -0.25) is 23.9 Å². The van der Waals surface area contributed by atoms with Crippen molar-refractivity contribution < 1.29 is 29.3 Å². The van der Waals surface area contributed by atoms with Crippen LogP contribution in [-0.4, -0.2) is 62.5 Å². The van der Waals surface area contributed by atoms with E-state index in [9.17, 15) is 29.4 Å². The van der Waals surface area contributed by atoms with Gasteiger partial charge in [-0.25, -0.2) is 4.79 Å². The van der Waals surface area contributed by atoms with E-state index < -0.39 is 53.7 Å². The first-order valence-corrected chi connectivity index (χ1v) is 10.3. The summed E-state index contributed by atoms with van der Waals surface area (Å²) in [6.07, 6.45) is -4.03. The third-order valence-electron chi connectivity index (χ3n) is 5.18. The molecule has 2 unspecified atom stereocenters. The van der Waals surface area contributed by atoms with Crippen LogP contribution in [0.2, 0.25) is 0 Å². The molecule has 6 N–H and O–H groups in total. The van der Waals surface area contributed by atoms with Crippen LogP contribution in [0.25, 0.3) is 0 Å². The van der Waals surface area contributed by atoms with Crippen LogP contribution in [0, 0.1) is 0 Å². The van der Waals surface area contributed by atoms with E-state index in [0.29, 0.717) is 0 Å². The fourth-order valence-electron chi connectivity index (χ4n) is 3.30. The van der Waals surface area contributed by atoms with E-state index in [-0.39, 0.29) is 26.0 Å². The smallest absolute Gasteiger partial charge is 0.330 e. The zero-order chi connectivity index (χ0) is 24.0. The summed E-state index contributed by atoms with van der Waals surface area (Å²) >= 11 is 0. The van der Waals surface area contributed by atoms with Gasteiger partial charge in [-0.1, -0.05) is 30.3 Å². The number of amides is 1. The van der Waals surface area contributed by atoms with Crippen LogP contribution in [-0.2, 0) is 25.7 Å². The Hall–Kier alpha value is -3.32. The largest absolute Gasteiger partial charge is 0.461 e. The van der Waals surface area contributed by atoms with E-state index in [1.165, 1.54) is 0 Å². The Balaban J connectivity index is 1.44. The first kappa shape index (κ1) is 24.3. The van der Waals surface area contributed by atoms with Crippen molar-refractivity contribution in [3.63, 3.8) is 0 Å². The SMILES string of the molecule is NC(CCC(=O)OCc1ccccc1)C(=O)NC[C@H]1O[C@@H](n2ccc(=O)[nH]c2=O)C(O)[C@H]1O. The molecule has 0 aliphatic carbocycles. The Kier molecular flexibility index (Phi) is 8.11. The summed E-state index contributed by atoms with van der Waals surface area (Å²) in [7, 11) is 0. The number of ether oxygens (including phenoxy) is 2. The van der Waals surface area contributed by atoms with E-state index in [2.05, 4.69) is 5.32 Å². The number of aliphatic hydroxyl groups is 2. The number of carbonyl (C=O) groups is 2. The fraction of sp³-hybridized carbons (Fsp3) is 0.429. The lowest BCUT2D eigenvalue weighted by molar-refractivity contribution is -0.145. The molecule has 33 heavy (non-hydrogen) atoms. The molecule has 1 aliphatic heterocycles. The number of hydrogen-bond acceptors (Lipinski definition) is 9.